The van der Waals surface area contributed by atoms with Gasteiger partial charge in [-0.15, -0.1) is 0 Å². The number of amides is 1. The largest absolute Gasteiger partial charge is 0.404 e. The summed E-state index contributed by atoms with van der Waals surface area (Å²) in [5, 5.41) is 6.35. The first-order valence-corrected chi connectivity index (χ1v) is 17.8. The highest BCUT2D eigenvalue weighted by molar-refractivity contribution is 6.24. The van der Waals surface area contributed by atoms with Gasteiger partial charge in [-0.25, -0.2) is 8.78 Å². The number of aromatic nitrogens is 1. The highest BCUT2D eigenvalue weighted by atomic mass is 19.1. The van der Waals surface area contributed by atoms with Gasteiger partial charge in [0.1, 0.15) is 12.0 Å². The van der Waals surface area contributed by atoms with E-state index < -0.39 is 12.3 Å². The van der Waals surface area contributed by atoms with E-state index in [1.807, 2.05) is 44.2 Å². The van der Waals surface area contributed by atoms with Gasteiger partial charge < -0.3 is 16.4 Å². The minimum atomic E-state index is -0.808. The third-order valence-corrected chi connectivity index (χ3v) is 10.9. The number of hydrogen-bond acceptors (Lipinski definition) is 5. The summed E-state index contributed by atoms with van der Waals surface area (Å²) in [6, 6.07) is 9.45. The number of halogens is 2. The Bertz CT molecular complexity index is 1490. The molecule has 1 saturated carbocycles. The number of anilines is 1. The Morgan fingerprint density at radius 2 is 1.86 bits per heavy atom. The number of amidine groups is 1. The van der Waals surface area contributed by atoms with Crippen LogP contribution in [0.25, 0.3) is 11.3 Å². The summed E-state index contributed by atoms with van der Waals surface area (Å²) in [5.74, 6) is 1.03. The summed E-state index contributed by atoms with van der Waals surface area (Å²) in [5.41, 5.74) is 11.1. The maximum atomic E-state index is 13.6. The zero-order chi connectivity index (χ0) is 36.5. The number of carbonyl (C=O) groups excluding carboxylic acids is 1. The van der Waals surface area contributed by atoms with Crippen molar-refractivity contribution in [2.75, 3.05) is 32.0 Å². The molecule has 0 radical (unpaired) electrons. The Labute approximate surface area is 293 Å². The Morgan fingerprint density at radius 3 is 2.39 bits per heavy atom. The molecular formula is C40H60F2N6O. The van der Waals surface area contributed by atoms with E-state index in [4.69, 9.17) is 5.73 Å². The van der Waals surface area contributed by atoms with Crippen LogP contribution >= 0.6 is 0 Å². The SMILES string of the molecule is C=C(NC(=NC)C1CC(CC(C)F)C1(C)C)c1ccc(C)c(NC(=O)/C(=C/N)c2cc(C)ccn2)c1.CCC1(CC)CCN(CC(C)F)C1. The lowest BCUT2D eigenvalue weighted by atomic mass is 9.53. The fourth-order valence-corrected chi connectivity index (χ4v) is 7.26. The lowest BCUT2D eigenvalue weighted by molar-refractivity contribution is -0.111. The number of aryl methyl sites for hydroxylation is 2. The van der Waals surface area contributed by atoms with Crippen molar-refractivity contribution in [3.05, 3.63) is 71.7 Å². The normalized spacial score (nSPS) is 21.5. The van der Waals surface area contributed by atoms with Gasteiger partial charge >= 0.3 is 0 Å². The van der Waals surface area contributed by atoms with Crippen LogP contribution in [0.3, 0.4) is 0 Å². The highest BCUT2D eigenvalue weighted by Crippen LogP contribution is 2.54. The molecule has 4 N–H and O–H groups in total. The number of pyridine rings is 1. The number of carbonyl (C=O) groups is 1. The van der Waals surface area contributed by atoms with Crippen LogP contribution in [0.2, 0.25) is 0 Å². The van der Waals surface area contributed by atoms with Crippen molar-refractivity contribution in [1.82, 2.24) is 15.2 Å². The number of likely N-dealkylation sites (tertiary alicyclic amines) is 1. The molecular weight excluding hydrogens is 618 g/mol. The molecule has 270 valence electrons. The average molecular weight is 679 g/mol. The smallest absolute Gasteiger partial charge is 0.259 e. The second-order valence-electron chi connectivity index (χ2n) is 14.8. The van der Waals surface area contributed by atoms with Crippen LogP contribution in [0.5, 0.6) is 0 Å². The van der Waals surface area contributed by atoms with Gasteiger partial charge in [0.15, 0.2) is 0 Å². The maximum Gasteiger partial charge on any atom is 0.259 e. The monoisotopic (exact) mass is 678 g/mol. The second kappa shape index (κ2) is 17.4. The predicted molar refractivity (Wildman–Crippen MR) is 202 cm³/mol. The molecule has 4 unspecified atom stereocenters. The molecule has 4 rings (SSSR count). The molecule has 1 amide bonds. The summed E-state index contributed by atoms with van der Waals surface area (Å²) >= 11 is 0. The minimum Gasteiger partial charge on any atom is -0.404 e. The standard InChI is InChI=1S/C29H38FN5O.C11H22FN/c1-17-10-11-33-26(12-17)23(16-31)28(36)35-25-14-21(9-8-18(25)2)20(4)34-27(32-7)24-15-22(13-19(3)30)29(24,5)6;1-4-11(5-2)6-7-13(9-11)8-10(3)12/h8-12,14,16,19,22,24H,4,13,15,31H2,1-3,5-7H3,(H,32,34)(H,35,36);10H,4-9H2,1-3H3/b23-16+;. The van der Waals surface area contributed by atoms with Gasteiger partial charge in [-0.1, -0.05) is 46.4 Å². The quantitative estimate of drug-likeness (QED) is 0.119. The van der Waals surface area contributed by atoms with E-state index in [1.54, 1.807) is 27.1 Å². The Hall–Kier alpha value is -3.59. The number of nitrogens with two attached hydrogens (primary N) is 1. The van der Waals surface area contributed by atoms with E-state index in [0.717, 1.165) is 42.0 Å². The lowest BCUT2D eigenvalue weighted by Crippen LogP contribution is -2.52. The fourth-order valence-electron chi connectivity index (χ4n) is 7.26. The maximum absolute atomic E-state index is 13.6. The molecule has 9 heteroatoms. The average Bonchev–Trinajstić information content (AvgIpc) is 3.46. The third kappa shape index (κ3) is 10.2. The first kappa shape index (κ1) is 39.8. The first-order valence-electron chi connectivity index (χ1n) is 17.8. The molecule has 7 nitrogen and oxygen atoms in total. The van der Waals surface area contributed by atoms with Gasteiger partial charge in [0.25, 0.3) is 5.91 Å². The summed E-state index contributed by atoms with van der Waals surface area (Å²) in [7, 11) is 1.76. The number of aliphatic imine (C=N–C) groups is 1. The van der Waals surface area contributed by atoms with E-state index in [-0.39, 0.29) is 17.2 Å². The third-order valence-electron chi connectivity index (χ3n) is 10.9. The summed E-state index contributed by atoms with van der Waals surface area (Å²) in [4.78, 5) is 24.1. The molecule has 0 bridgehead atoms. The van der Waals surface area contributed by atoms with E-state index in [2.05, 4.69) is 59.8 Å². The van der Waals surface area contributed by atoms with Gasteiger partial charge in [0, 0.05) is 49.8 Å². The Balaban J connectivity index is 0.000000419. The number of alkyl halides is 2. The van der Waals surface area contributed by atoms with Crippen molar-refractivity contribution < 1.29 is 13.6 Å². The highest BCUT2D eigenvalue weighted by Gasteiger charge is 2.50. The molecule has 2 fully saturated rings. The predicted octanol–water partition coefficient (Wildman–Crippen LogP) is 8.49. The van der Waals surface area contributed by atoms with Gasteiger partial charge in [0.2, 0.25) is 0 Å². The summed E-state index contributed by atoms with van der Waals surface area (Å²) in [6.45, 7) is 23.0. The van der Waals surface area contributed by atoms with Crippen molar-refractivity contribution in [3.63, 3.8) is 0 Å². The molecule has 4 atom stereocenters. The van der Waals surface area contributed by atoms with E-state index in [0.29, 0.717) is 46.9 Å². The zero-order valence-electron chi connectivity index (χ0n) is 31.3. The van der Waals surface area contributed by atoms with Crippen molar-refractivity contribution in [2.45, 2.75) is 99.8 Å². The van der Waals surface area contributed by atoms with Gasteiger partial charge in [-0.2, -0.15) is 0 Å². The van der Waals surface area contributed by atoms with Crippen molar-refractivity contribution in [3.8, 4) is 0 Å². The molecule has 1 aromatic carbocycles. The Morgan fingerprint density at radius 1 is 1.16 bits per heavy atom. The molecule has 2 aliphatic rings. The van der Waals surface area contributed by atoms with Crippen LogP contribution in [0.1, 0.15) is 96.0 Å². The van der Waals surface area contributed by atoms with Crippen molar-refractivity contribution in [1.29, 1.82) is 0 Å². The molecule has 1 aliphatic heterocycles. The molecule has 0 spiro atoms. The number of rotatable bonds is 12. The van der Waals surface area contributed by atoms with Crippen LogP contribution in [0.4, 0.5) is 14.5 Å². The molecule has 1 aromatic heterocycles. The fraction of sp³-hybridized carbons (Fsp3) is 0.575. The summed E-state index contributed by atoms with van der Waals surface area (Å²) in [6.07, 6.45) is 6.64. The van der Waals surface area contributed by atoms with Crippen molar-refractivity contribution in [2.24, 2.45) is 33.4 Å². The topological polar surface area (TPSA) is 95.6 Å². The van der Waals surface area contributed by atoms with Gasteiger partial charge in [-0.05, 0) is 118 Å². The Kier molecular flexibility index (Phi) is 14.1. The minimum absolute atomic E-state index is 0.0519. The number of nitrogens with one attached hydrogen (secondary N) is 2. The van der Waals surface area contributed by atoms with Gasteiger partial charge in [0.05, 0.1) is 17.4 Å². The van der Waals surface area contributed by atoms with E-state index in [1.165, 1.54) is 25.5 Å². The van der Waals surface area contributed by atoms with Crippen LogP contribution in [0, 0.1) is 36.5 Å². The molecule has 2 heterocycles. The molecule has 1 saturated heterocycles. The van der Waals surface area contributed by atoms with Crippen LogP contribution in [-0.4, -0.2) is 60.7 Å². The number of benzene rings is 1. The summed E-state index contributed by atoms with van der Waals surface area (Å²) < 4.78 is 26.4. The molecule has 2 aromatic rings. The number of nitrogens with zero attached hydrogens (tertiary/aromatic N) is 3. The zero-order valence-corrected chi connectivity index (χ0v) is 31.3. The molecule has 1 aliphatic carbocycles. The van der Waals surface area contributed by atoms with Crippen LogP contribution in [0.15, 0.2) is 54.3 Å². The number of hydrogen-bond donors (Lipinski definition) is 3. The first-order chi connectivity index (χ1) is 23.1. The van der Waals surface area contributed by atoms with Gasteiger partial charge in [-0.3, -0.25) is 19.7 Å². The van der Waals surface area contributed by atoms with E-state index in [9.17, 15) is 13.6 Å². The molecule has 49 heavy (non-hydrogen) atoms. The van der Waals surface area contributed by atoms with Crippen LogP contribution in [-0.2, 0) is 4.79 Å². The lowest BCUT2D eigenvalue weighted by Gasteiger charge is -2.53. The van der Waals surface area contributed by atoms with Crippen LogP contribution < -0.4 is 16.4 Å². The van der Waals surface area contributed by atoms with E-state index >= 15 is 0 Å². The second-order valence-corrected chi connectivity index (χ2v) is 14.8. The van der Waals surface area contributed by atoms with Crippen molar-refractivity contribution >= 4 is 28.7 Å².